The van der Waals surface area contributed by atoms with Crippen LogP contribution in [0.2, 0.25) is 0 Å². The van der Waals surface area contributed by atoms with E-state index >= 15 is 0 Å². The first-order valence-electron chi connectivity index (χ1n) is 15.4. The van der Waals surface area contributed by atoms with E-state index in [0.29, 0.717) is 0 Å². The van der Waals surface area contributed by atoms with Gasteiger partial charge in [-0.3, -0.25) is 0 Å². The van der Waals surface area contributed by atoms with E-state index in [9.17, 15) is 0 Å². The third-order valence-electron chi connectivity index (χ3n) is 8.12. The number of halogens is 2. The van der Waals surface area contributed by atoms with Gasteiger partial charge < -0.3 is 24.8 Å². The molecule has 0 bridgehead atoms. The molecule has 0 unspecified atom stereocenters. The quantitative estimate of drug-likeness (QED) is 0.198. The van der Waals surface area contributed by atoms with E-state index < -0.39 is 0 Å². The van der Waals surface area contributed by atoms with E-state index in [-0.39, 0.29) is 24.8 Å². The minimum absolute atomic E-state index is 0. The Morgan fingerprint density at radius 2 is 1.21 bits per heavy atom. The molecule has 6 rings (SSSR count). The van der Waals surface area contributed by atoms with Gasteiger partial charge in [-0.25, -0.2) is 0 Å². The number of hydrogen-bond donors (Lipinski definition) is 0. The van der Waals surface area contributed by atoms with Crippen LogP contribution < -0.4 is 24.8 Å². The second kappa shape index (κ2) is 17.2. The summed E-state index contributed by atoms with van der Waals surface area (Å²) in [6, 6.07) is 32.6. The molecule has 0 saturated carbocycles. The van der Waals surface area contributed by atoms with Crippen LogP contribution in [0.25, 0.3) is 27.1 Å². The van der Waals surface area contributed by atoms with Gasteiger partial charge in [0.15, 0.2) is 0 Å². The first-order chi connectivity index (χ1) is 20.2. The first-order valence-corrected chi connectivity index (χ1v) is 16.6. The van der Waals surface area contributed by atoms with Crippen molar-refractivity contribution < 1.29 is 49.0 Å². The normalized spacial score (nSPS) is 11.9. The average Bonchev–Trinajstić information content (AvgIpc) is 3.69. The van der Waals surface area contributed by atoms with Gasteiger partial charge in [0.25, 0.3) is 0 Å². The Bertz CT molecular complexity index is 1650. The molecule has 1 aliphatic carbocycles. The predicted octanol–water partition coefficient (Wildman–Crippen LogP) is 4.72. The molecule has 220 valence electrons. The molecule has 0 amide bonds. The monoisotopic (exact) mass is 681 g/mol. The molecule has 0 N–H and O–H groups in total. The number of aryl methyl sites for hydroxylation is 1. The van der Waals surface area contributed by atoms with Crippen molar-refractivity contribution in [1.29, 1.82) is 0 Å². The number of benzene rings is 4. The van der Waals surface area contributed by atoms with E-state index in [1.165, 1.54) is 98.8 Å². The van der Waals surface area contributed by atoms with Crippen LogP contribution in [0.4, 0.5) is 0 Å². The number of allylic oxidation sites excluding steroid dienone is 4. The average molecular weight is 684 g/mol. The molecular weight excluding hydrogens is 643 g/mol. The summed E-state index contributed by atoms with van der Waals surface area (Å²) in [5.41, 5.74) is 10.7. The van der Waals surface area contributed by atoms with E-state index in [1.807, 2.05) is 0 Å². The molecule has 0 atom stereocenters. The van der Waals surface area contributed by atoms with E-state index in [1.54, 1.807) is 27.6 Å². The van der Waals surface area contributed by atoms with Crippen molar-refractivity contribution in [3.8, 4) is 0 Å². The molecule has 43 heavy (non-hydrogen) atoms. The summed E-state index contributed by atoms with van der Waals surface area (Å²) in [7, 11) is 0. The molecule has 0 nitrogen and oxygen atoms in total. The van der Waals surface area contributed by atoms with E-state index in [4.69, 9.17) is 0 Å². The van der Waals surface area contributed by atoms with Crippen LogP contribution in [0.15, 0.2) is 109 Å². The van der Waals surface area contributed by atoms with E-state index in [0.717, 1.165) is 6.42 Å². The molecular formula is C40H41Cl2Zr-. The van der Waals surface area contributed by atoms with Crippen molar-refractivity contribution in [2.45, 2.75) is 65.7 Å². The Labute approximate surface area is 285 Å². The van der Waals surface area contributed by atoms with Crippen LogP contribution in [-0.4, -0.2) is 3.21 Å². The number of rotatable bonds is 9. The second-order valence-corrected chi connectivity index (χ2v) is 12.2. The van der Waals surface area contributed by atoms with Gasteiger partial charge in [0.05, 0.1) is 0 Å². The summed E-state index contributed by atoms with van der Waals surface area (Å²) < 4.78 is 1.42. The van der Waals surface area contributed by atoms with Crippen molar-refractivity contribution in [3.63, 3.8) is 0 Å². The Morgan fingerprint density at radius 1 is 0.674 bits per heavy atom. The van der Waals surface area contributed by atoms with Crippen LogP contribution in [0.5, 0.6) is 0 Å². The van der Waals surface area contributed by atoms with Crippen molar-refractivity contribution in [1.82, 2.24) is 0 Å². The summed E-state index contributed by atoms with van der Waals surface area (Å²) in [6.07, 6.45) is 15.2. The third-order valence-corrected chi connectivity index (χ3v) is 9.54. The molecule has 0 aliphatic heterocycles. The van der Waals surface area contributed by atoms with Gasteiger partial charge in [-0.1, -0.05) is 104 Å². The Morgan fingerprint density at radius 3 is 1.77 bits per heavy atom. The van der Waals surface area contributed by atoms with Crippen LogP contribution in [0, 0.1) is 0 Å². The van der Waals surface area contributed by atoms with E-state index in [2.05, 4.69) is 130 Å². The predicted molar refractivity (Wildman–Crippen MR) is 177 cm³/mol. The second-order valence-electron chi connectivity index (χ2n) is 11.0. The van der Waals surface area contributed by atoms with Crippen LogP contribution in [0.3, 0.4) is 0 Å². The van der Waals surface area contributed by atoms with Gasteiger partial charge in [0, 0.05) is 0 Å². The standard InChI is InChI=1S/C27H31.C13H10.2ClH.Zr/c1-4-11-22-23(12-5-2)26(19-14-7-8-15-19)25-18-20-16-9-10-17-21(20)27(25)24(22)13-6-3;1-3-7-12(8-4-1)11-13-9-5-2-6-10-13;;;/h7-10,14,16-18H,4-6,11-13,15H2,1-3H3;1-10H;2*1H;/q-1;;;;+2/p-2. The molecule has 0 spiro atoms. The third kappa shape index (κ3) is 7.81. The van der Waals surface area contributed by atoms with Gasteiger partial charge >= 0.3 is 99.2 Å². The van der Waals surface area contributed by atoms with Gasteiger partial charge in [-0.2, -0.15) is 0 Å². The summed E-state index contributed by atoms with van der Waals surface area (Å²) in [5, 5.41) is 5.88. The molecule has 1 aliphatic rings. The van der Waals surface area contributed by atoms with Crippen LogP contribution in [0.1, 0.15) is 79.8 Å². The van der Waals surface area contributed by atoms with Gasteiger partial charge in [0.1, 0.15) is 0 Å². The summed E-state index contributed by atoms with van der Waals surface area (Å²) >= 11 is 1.46. The number of hydrogen-bond acceptors (Lipinski definition) is 0. The zero-order chi connectivity index (χ0) is 28.6. The van der Waals surface area contributed by atoms with Crippen LogP contribution >= 0.6 is 0 Å². The molecule has 0 aromatic heterocycles. The zero-order valence-electron chi connectivity index (χ0n) is 25.6. The maximum atomic E-state index is 2.47. The molecule has 5 aromatic rings. The van der Waals surface area contributed by atoms with Gasteiger partial charge in [0.2, 0.25) is 0 Å². The Hall–Kier alpha value is -2.44. The van der Waals surface area contributed by atoms with Gasteiger partial charge in [-0.15, -0.1) is 33.7 Å². The molecule has 0 fully saturated rings. The summed E-state index contributed by atoms with van der Waals surface area (Å²) in [5.74, 6) is 0. The molecule has 0 radical (unpaired) electrons. The fraction of sp³-hybridized carbons (Fsp3) is 0.250. The summed E-state index contributed by atoms with van der Waals surface area (Å²) in [4.78, 5) is 0. The maximum absolute atomic E-state index is 2.47. The topological polar surface area (TPSA) is 0 Å². The minimum atomic E-state index is 0. The summed E-state index contributed by atoms with van der Waals surface area (Å²) in [6.45, 7) is 6.98. The van der Waals surface area contributed by atoms with Crippen molar-refractivity contribution in [2.75, 3.05) is 0 Å². The van der Waals surface area contributed by atoms with Crippen molar-refractivity contribution in [3.05, 3.63) is 143 Å². The zero-order valence-corrected chi connectivity index (χ0v) is 29.6. The Balaban J connectivity index is 0.000000269. The van der Waals surface area contributed by atoms with Crippen molar-refractivity contribution in [2.24, 2.45) is 0 Å². The first kappa shape index (κ1) is 35.0. The fourth-order valence-electron chi connectivity index (χ4n) is 6.37. The molecule has 0 saturated heterocycles. The van der Waals surface area contributed by atoms with Crippen molar-refractivity contribution >= 4 is 30.3 Å². The van der Waals surface area contributed by atoms with Gasteiger partial charge in [-0.05, 0) is 25.7 Å². The van der Waals surface area contributed by atoms with Crippen LogP contribution in [-0.2, 0) is 43.5 Å². The fourth-order valence-corrected chi connectivity index (χ4v) is 7.19. The molecule has 0 heterocycles. The Kier molecular flexibility index (Phi) is 14.0. The molecule has 3 heteroatoms. The number of fused-ring (bicyclic) bond motifs is 3. The SMILES string of the molecule is CCCc1c(CCC)c(CCC)c2c([cH-]c3ccccc32)c1C1=CC=CC1.[Cl-].[Cl-].[Zr+2]=[C](c1ccccc1)c1ccccc1. The molecule has 5 aromatic carbocycles.